The third-order valence-corrected chi connectivity index (χ3v) is 3.31. The molecule has 0 saturated heterocycles. The maximum atomic E-state index is 5.77. The van der Waals surface area contributed by atoms with Gasteiger partial charge in [-0.25, -0.2) is 4.98 Å². The van der Waals surface area contributed by atoms with Crippen LogP contribution in [0.3, 0.4) is 0 Å². The molecule has 0 atom stereocenters. The number of thiazole rings is 1. The third kappa shape index (κ3) is 2.69. The van der Waals surface area contributed by atoms with Gasteiger partial charge in [-0.15, -0.1) is 11.3 Å². The number of anilines is 1. The molecule has 1 fully saturated rings. The van der Waals surface area contributed by atoms with E-state index >= 15 is 0 Å². The fourth-order valence-corrected chi connectivity index (χ4v) is 2.37. The van der Waals surface area contributed by atoms with Gasteiger partial charge >= 0.3 is 0 Å². The van der Waals surface area contributed by atoms with Crippen molar-refractivity contribution in [1.82, 2.24) is 4.98 Å². The van der Waals surface area contributed by atoms with E-state index in [9.17, 15) is 0 Å². The summed E-state index contributed by atoms with van der Waals surface area (Å²) in [5, 5.41) is 2.60. The third-order valence-electron chi connectivity index (χ3n) is 2.59. The van der Waals surface area contributed by atoms with Crippen molar-refractivity contribution in [2.45, 2.75) is 44.8 Å². The van der Waals surface area contributed by atoms with E-state index in [2.05, 4.69) is 4.98 Å². The van der Waals surface area contributed by atoms with Crippen LogP contribution in [0.1, 0.15) is 37.8 Å². The maximum Gasteiger partial charge on any atom is 0.180 e. The number of nitrogens with zero attached hydrogens (tertiary/aromatic N) is 1. The molecule has 1 aromatic heterocycles. The van der Waals surface area contributed by atoms with Crippen molar-refractivity contribution in [3.05, 3.63) is 11.1 Å². The van der Waals surface area contributed by atoms with E-state index < -0.39 is 0 Å². The van der Waals surface area contributed by atoms with Crippen LogP contribution in [-0.4, -0.2) is 11.1 Å². The first-order valence-electron chi connectivity index (χ1n) is 5.16. The van der Waals surface area contributed by atoms with Gasteiger partial charge in [-0.05, 0) is 12.8 Å². The summed E-state index contributed by atoms with van der Waals surface area (Å²) >= 11 is 1.48. The van der Waals surface area contributed by atoms with Crippen LogP contribution in [0.5, 0.6) is 0 Å². The summed E-state index contributed by atoms with van der Waals surface area (Å²) in [6.07, 6.45) is 6.85. The SMILES string of the molecule is Nc1nc(COC2CCCCC2)cs1. The number of hydrogen-bond donors (Lipinski definition) is 1. The maximum absolute atomic E-state index is 5.77. The van der Waals surface area contributed by atoms with Crippen LogP contribution in [0.15, 0.2) is 5.38 Å². The van der Waals surface area contributed by atoms with Gasteiger partial charge in [0.15, 0.2) is 5.13 Å². The van der Waals surface area contributed by atoms with E-state index in [0.29, 0.717) is 17.8 Å². The average molecular weight is 212 g/mol. The molecule has 14 heavy (non-hydrogen) atoms. The number of hydrogen-bond acceptors (Lipinski definition) is 4. The summed E-state index contributed by atoms with van der Waals surface area (Å²) in [5.41, 5.74) is 6.51. The Morgan fingerprint density at radius 2 is 2.21 bits per heavy atom. The highest BCUT2D eigenvalue weighted by molar-refractivity contribution is 7.13. The summed E-state index contributed by atoms with van der Waals surface area (Å²) in [6, 6.07) is 0. The molecule has 1 saturated carbocycles. The highest BCUT2D eigenvalue weighted by Gasteiger charge is 2.13. The van der Waals surface area contributed by atoms with Crippen LogP contribution < -0.4 is 5.73 Å². The molecule has 3 nitrogen and oxygen atoms in total. The van der Waals surface area contributed by atoms with E-state index in [1.165, 1.54) is 43.4 Å². The van der Waals surface area contributed by atoms with E-state index in [1.807, 2.05) is 5.38 Å². The second-order valence-electron chi connectivity index (χ2n) is 3.75. The molecule has 0 bridgehead atoms. The van der Waals surface area contributed by atoms with Gasteiger partial charge < -0.3 is 10.5 Å². The molecule has 1 aromatic rings. The van der Waals surface area contributed by atoms with Crippen LogP contribution in [0, 0.1) is 0 Å². The zero-order valence-corrected chi connectivity index (χ0v) is 9.05. The Morgan fingerprint density at radius 3 is 2.86 bits per heavy atom. The second-order valence-corrected chi connectivity index (χ2v) is 4.64. The standard InChI is InChI=1S/C10H16N2OS/c11-10-12-8(7-14-10)6-13-9-4-2-1-3-5-9/h7,9H,1-6H2,(H2,11,12). The molecule has 2 rings (SSSR count). The smallest absolute Gasteiger partial charge is 0.180 e. The number of ether oxygens (including phenoxy) is 1. The van der Waals surface area contributed by atoms with Crippen molar-refractivity contribution in [3.8, 4) is 0 Å². The first kappa shape index (κ1) is 9.93. The van der Waals surface area contributed by atoms with Crippen LogP contribution in [-0.2, 0) is 11.3 Å². The summed E-state index contributed by atoms with van der Waals surface area (Å²) in [4.78, 5) is 4.17. The van der Waals surface area contributed by atoms with Gasteiger partial charge in [0.2, 0.25) is 0 Å². The highest BCUT2D eigenvalue weighted by atomic mass is 32.1. The van der Waals surface area contributed by atoms with Crippen LogP contribution in [0.25, 0.3) is 0 Å². The molecule has 2 N–H and O–H groups in total. The van der Waals surface area contributed by atoms with Gasteiger partial charge in [-0.1, -0.05) is 19.3 Å². The van der Waals surface area contributed by atoms with Crippen LogP contribution >= 0.6 is 11.3 Å². The topological polar surface area (TPSA) is 48.1 Å². The van der Waals surface area contributed by atoms with E-state index in [-0.39, 0.29) is 0 Å². The van der Waals surface area contributed by atoms with Crippen molar-refractivity contribution in [1.29, 1.82) is 0 Å². The lowest BCUT2D eigenvalue weighted by Gasteiger charge is -2.21. The van der Waals surface area contributed by atoms with Gasteiger partial charge in [0.25, 0.3) is 0 Å². The zero-order chi connectivity index (χ0) is 9.80. The van der Waals surface area contributed by atoms with Crippen LogP contribution in [0.4, 0.5) is 5.13 Å². The van der Waals surface area contributed by atoms with Gasteiger partial charge in [-0.2, -0.15) is 0 Å². The monoisotopic (exact) mass is 212 g/mol. The Morgan fingerprint density at radius 1 is 1.43 bits per heavy atom. The molecule has 1 aliphatic carbocycles. The Labute approximate surface area is 88.3 Å². The van der Waals surface area contributed by atoms with E-state index in [4.69, 9.17) is 10.5 Å². The van der Waals surface area contributed by atoms with Crippen LogP contribution in [0.2, 0.25) is 0 Å². The first-order chi connectivity index (χ1) is 6.84. The molecule has 0 spiro atoms. The zero-order valence-electron chi connectivity index (χ0n) is 8.24. The summed E-state index contributed by atoms with van der Waals surface area (Å²) in [6.45, 7) is 0.623. The van der Waals surface area contributed by atoms with Crippen molar-refractivity contribution < 1.29 is 4.74 Å². The molecule has 0 radical (unpaired) electrons. The molecule has 1 heterocycles. The van der Waals surface area contributed by atoms with Crippen molar-refractivity contribution >= 4 is 16.5 Å². The van der Waals surface area contributed by atoms with Crippen molar-refractivity contribution in [2.24, 2.45) is 0 Å². The Bertz CT molecular complexity index is 281. The molecule has 0 amide bonds. The minimum atomic E-state index is 0.451. The first-order valence-corrected chi connectivity index (χ1v) is 6.04. The van der Waals surface area contributed by atoms with Gasteiger partial charge in [-0.3, -0.25) is 0 Å². The molecular formula is C10H16N2OS. The minimum absolute atomic E-state index is 0.451. The fourth-order valence-electron chi connectivity index (χ4n) is 1.82. The summed E-state index contributed by atoms with van der Waals surface area (Å²) in [7, 11) is 0. The molecule has 1 aliphatic rings. The Kier molecular flexibility index (Phi) is 3.37. The van der Waals surface area contributed by atoms with Crippen molar-refractivity contribution in [2.75, 3.05) is 5.73 Å². The lowest BCUT2D eigenvalue weighted by molar-refractivity contribution is 0.0155. The van der Waals surface area contributed by atoms with E-state index in [0.717, 1.165) is 5.69 Å². The highest BCUT2D eigenvalue weighted by Crippen LogP contribution is 2.21. The second kappa shape index (κ2) is 4.75. The molecular weight excluding hydrogens is 196 g/mol. The quantitative estimate of drug-likeness (QED) is 0.837. The number of nitrogens with two attached hydrogens (primary N) is 1. The number of aromatic nitrogens is 1. The predicted molar refractivity (Wildman–Crippen MR) is 58.2 cm³/mol. The Hall–Kier alpha value is -0.610. The lowest BCUT2D eigenvalue weighted by Crippen LogP contribution is -2.16. The molecule has 78 valence electrons. The summed E-state index contributed by atoms with van der Waals surface area (Å²) in [5.74, 6) is 0. The largest absolute Gasteiger partial charge is 0.375 e. The van der Waals surface area contributed by atoms with Crippen molar-refractivity contribution in [3.63, 3.8) is 0 Å². The Balaban J connectivity index is 1.76. The lowest BCUT2D eigenvalue weighted by atomic mass is 9.98. The molecule has 0 aromatic carbocycles. The van der Waals surface area contributed by atoms with Gasteiger partial charge in [0, 0.05) is 5.38 Å². The molecule has 4 heteroatoms. The number of nitrogen functional groups attached to an aromatic ring is 1. The normalized spacial score (nSPS) is 18.6. The summed E-state index contributed by atoms with van der Waals surface area (Å²) < 4.78 is 5.77. The number of rotatable bonds is 3. The minimum Gasteiger partial charge on any atom is -0.375 e. The molecule has 0 aliphatic heterocycles. The molecule has 0 unspecified atom stereocenters. The van der Waals surface area contributed by atoms with Gasteiger partial charge in [0.05, 0.1) is 18.4 Å². The van der Waals surface area contributed by atoms with Gasteiger partial charge in [0.1, 0.15) is 0 Å². The predicted octanol–water partition coefficient (Wildman–Crippen LogP) is 2.57. The average Bonchev–Trinajstić information content (AvgIpc) is 2.63. The van der Waals surface area contributed by atoms with E-state index in [1.54, 1.807) is 0 Å². The fraction of sp³-hybridized carbons (Fsp3) is 0.700.